The standard InChI is InChI=1S/C7H10N2O3/c8-6(10)5-2-3-1-4(3)9(5)7(11)12/h3-5H,1-2H2,(H2,8,10)(H,11,12)/t3?,4-,5?/m0/s1. The minimum Gasteiger partial charge on any atom is -0.465 e. The number of amides is 2. The van der Waals surface area contributed by atoms with E-state index in [0.29, 0.717) is 12.3 Å². The lowest BCUT2D eigenvalue weighted by atomic mass is 10.1. The summed E-state index contributed by atoms with van der Waals surface area (Å²) in [5, 5.41) is 8.75. The van der Waals surface area contributed by atoms with Crippen LogP contribution in [0.1, 0.15) is 12.8 Å². The molecular weight excluding hydrogens is 160 g/mol. The molecule has 1 saturated carbocycles. The number of carboxylic acid groups (broad SMARTS) is 1. The molecule has 0 radical (unpaired) electrons. The predicted octanol–water partition coefficient (Wildman–Crippen LogP) is -0.388. The van der Waals surface area contributed by atoms with Gasteiger partial charge in [0.2, 0.25) is 5.91 Å². The minimum atomic E-state index is -1.02. The van der Waals surface area contributed by atoms with Gasteiger partial charge in [0.15, 0.2) is 0 Å². The van der Waals surface area contributed by atoms with E-state index in [4.69, 9.17) is 10.8 Å². The zero-order valence-corrected chi connectivity index (χ0v) is 6.43. The number of hydrogen-bond donors (Lipinski definition) is 2. The summed E-state index contributed by atoms with van der Waals surface area (Å²) in [5.41, 5.74) is 5.06. The Bertz CT molecular complexity index is 253. The third-order valence-corrected chi connectivity index (χ3v) is 2.65. The average molecular weight is 170 g/mol. The van der Waals surface area contributed by atoms with E-state index in [1.54, 1.807) is 0 Å². The largest absolute Gasteiger partial charge is 0.465 e. The van der Waals surface area contributed by atoms with Crippen molar-refractivity contribution in [3.8, 4) is 0 Å². The van der Waals surface area contributed by atoms with Crippen LogP contribution >= 0.6 is 0 Å². The van der Waals surface area contributed by atoms with Gasteiger partial charge in [-0.15, -0.1) is 0 Å². The van der Waals surface area contributed by atoms with Crippen molar-refractivity contribution in [3.63, 3.8) is 0 Å². The van der Waals surface area contributed by atoms with Crippen LogP contribution in [-0.4, -0.2) is 34.1 Å². The van der Waals surface area contributed by atoms with Gasteiger partial charge in [-0.3, -0.25) is 9.69 Å². The Labute approximate surface area is 69.1 Å². The number of rotatable bonds is 1. The SMILES string of the molecule is NC(=O)C1CC2C[C@@H]2N1C(=O)O. The molecule has 0 aromatic rings. The first kappa shape index (κ1) is 7.39. The van der Waals surface area contributed by atoms with Gasteiger partial charge in [0.1, 0.15) is 6.04 Å². The van der Waals surface area contributed by atoms with E-state index in [9.17, 15) is 9.59 Å². The monoisotopic (exact) mass is 170 g/mol. The molecule has 0 aromatic heterocycles. The van der Waals surface area contributed by atoms with Crippen LogP contribution in [-0.2, 0) is 4.79 Å². The van der Waals surface area contributed by atoms with Crippen LogP contribution in [0.4, 0.5) is 4.79 Å². The number of carbonyl (C=O) groups is 2. The summed E-state index contributed by atoms with van der Waals surface area (Å²) in [5.74, 6) is -0.136. The first-order valence-electron chi connectivity index (χ1n) is 3.92. The highest BCUT2D eigenvalue weighted by atomic mass is 16.4. The van der Waals surface area contributed by atoms with Crippen molar-refractivity contribution >= 4 is 12.0 Å². The fourth-order valence-corrected chi connectivity index (χ4v) is 1.99. The number of likely N-dealkylation sites (tertiary alicyclic amines) is 1. The first-order chi connectivity index (χ1) is 5.61. The molecule has 1 saturated heterocycles. The quantitative estimate of drug-likeness (QED) is 0.562. The van der Waals surface area contributed by atoms with Crippen LogP contribution in [0, 0.1) is 5.92 Å². The van der Waals surface area contributed by atoms with Crippen LogP contribution in [0.5, 0.6) is 0 Å². The first-order valence-corrected chi connectivity index (χ1v) is 3.92. The molecule has 66 valence electrons. The van der Waals surface area contributed by atoms with Gasteiger partial charge < -0.3 is 10.8 Å². The molecule has 5 heteroatoms. The summed E-state index contributed by atoms with van der Waals surface area (Å²) in [7, 11) is 0. The molecule has 2 amide bonds. The summed E-state index contributed by atoms with van der Waals surface area (Å²) in [6.07, 6.45) is 0.492. The van der Waals surface area contributed by atoms with Gasteiger partial charge in [0, 0.05) is 6.04 Å². The van der Waals surface area contributed by atoms with E-state index in [-0.39, 0.29) is 6.04 Å². The Balaban J connectivity index is 2.16. The normalized spacial score (nSPS) is 37.7. The van der Waals surface area contributed by atoms with Crippen molar-refractivity contribution in [3.05, 3.63) is 0 Å². The van der Waals surface area contributed by atoms with Crippen molar-refractivity contribution < 1.29 is 14.7 Å². The topological polar surface area (TPSA) is 83.6 Å². The number of fused-ring (bicyclic) bond motifs is 1. The van der Waals surface area contributed by atoms with Crippen LogP contribution in [0.3, 0.4) is 0 Å². The maximum atomic E-state index is 10.8. The van der Waals surface area contributed by atoms with E-state index < -0.39 is 18.0 Å². The Kier molecular flexibility index (Phi) is 1.31. The molecule has 5 nitrogen and oxygen atoms in total. The van der Waals surface area contributed by atoms with Crippen molar-refractivity contribution in [2.24, 2.45) is 11.7 Å². The van der Waals surface area contributed by atoms with Crippen LogP contribution in [0.2, 0.25) is 0 Å². The molecule has 0 spiro atoms. The van der Waals surface area contributed by atoms with E-state index in [1.807, 2.05) is 0 Å². The Morgan fingerprint density at radius 1 is 1.42 bits per heavy atom. The zero-order valence-electron chi connectivity index (χ0n) is 6.43. The highest BCUT2D eigenvalue weighted by Crippen LogP contribution is 2.47. The molecule has 1 heterocycles. The number of nitrogens with zero attached hydrogens (tertiary/aromatic N) is 1. The Hall–Kier alpha value is -1.26. The van der Waals surface area contributed by atoms with E-state index >= 15 is 0 Å². The lowest BCUT2D eigenvalue weighted by Crippen LogP contribution is -2.45. The van der Waals surface area contributed by atoms with Crippen LogP contribution < -0.4 is 5.73 Å². The minimum absolute atomic E-state index is 0.0694. The lowest BCUT2D eigenvalue weighted by Gasteiger charge is -2.21. The Morgan fingerprint density at radius 2 is 2.08 bits per heavy atom. The molecule has 2 aliphatic rings. The smallest absolute Gasteiger partial charge is 0.408 e. The predicted molar refractivity (Wildman–Crippen MR) is 39.4 cm³/mol. The number of piperidine rings is 1. The molecule has 1 aliphatic heterocycles. The molecule has 2 unspecified atom stereocenters. The van der Waals surface area contributed by atoms with Gasteiger partial charge in [-0.1, -0.05) is 0 Å². The Morgan fingerprint density at radius 3 is 2.50 bits per heavy atom. The molecule has 2 rings (SSSR count). The second kappa shape index (κ2) is 2.12. The third-order valence-electron chi connectivity index (χ3n) is 2.65. The zero-order chi connectivity index (χ0) is 8.88. The lowest BCUT2D eigenvalue weighted by molar-refractivity contribution is -0.122. The van der Waals surface area contributed by atoms with Crippen molar-refractivity contribution in [2.75, 3.05) is 0 Å². The van der Waals surface area contributed by atoms with E-state index in [1.165, 1.54) is 4.90 Å². The van der Waals surface area contributed by atoms with Crippen molar-refractivity contribution in [1.82, 2.24) is 4.90 Å². The highest BCUT2D eigenvalue weighted by molar-refractivity contribution is 5.85. The molecule has 3 N–H and O–H groups in total. The molecule has 3 atom stereocenters. The second-order valence-electron chi connectivity index (χ2n) is 3.41. The fraction of sp³-hybridized carbons (Fsp3) is 0.714. The van der Waals surface area contributed by atoms with E-state index in [0.717, 1.165) is 6.42 Å². The summed E-state index contributed by atoms with van der Waals surface area (Å²) in [6, 6.07) is -0.508. The molecule has 12 heavy (non-hydrogen) atoms. The molecule has 0 aromatic carbocycles. The molecular formula is C7H10N2O3. The van der Waals surface area contributed by atoms with Crippen molar-refractivity contribution in [2.45, 2.75) is 24.9 Å². The van der Waals surface area contributed by atoms with Crippen LogP contribution in [0.15, 0.2) is 0 Å². The number of primary amides is 1. The van der Waals surface area contributed by atoms with Gasteiger partial charge in [-0.05, 0) is 18.8 Å². The maximum Gasteiger partial charge on any atom is 0.408 e. The van der Waals surface area contributed by atoms with Gasteiger partial charge in [0.25, 0.3) is 0 Å². The van der Waals surface area contributed by atoms with Gasteiger partial charge >= 0.3 is 6.09 Å². The number of carbonyl (C=O) groups excluding carboxylic acids is 1. The van der Waals surface area contributed by atoms with Gasteiger partial charge in [-0.2, -0.15) is 0 Å². The fourth-order valence-electron chi connectivity index (χ4n) is 1.99. The molecule has 0 bridgehead atoms. The van der Waals surface area contributed by atoms with Crippen molar-refractivity contribution in [1.29, 1.82) is 0 Å². The average Bonchev–Trinajstić information content (AvgIpc) is 2.60. The number of hydrogen-bond acceptors (Lipinski definition) is 2. The highest BCUT2D eigenvalue weighted by Gasteiger charge is 2.55. The van der Waals surface area contributed by atoms with Crippen LogP contribution in [0.25, 0.3) is 0 Å². The summed E-state index contributed by atoms with van der Waals surface area (Å²) in [4.78, 5) is 22.7. The molecule has 1 aliphatic carbocycles. The third kappa shape index (κ3) is 0.855. The molecule has 2 fully saturated rings. The summed E-state index contributed by atoms with van der Waals surface area (Å²) < 4.78 is 0. The van der Waals surface area contributed by atoms with Gasteiger partial charge in [0.05, 0.1) is 0 Å². The summed E-state index contributed by atoms with van der Waals surface area (Å²) >= 11 is 0. The number of nitrogens with two attached hydrogens (primary N) is 1. The maximum absolute atomic E-state index is 10.8. The summed E-state index contributed by atoms with van der Waals surface area (Å²) in [6.45, 7) is 0. The van der Waals surface area contributed by atoms with Gasteiger partial charge in [-0.25, -0.2) is 4.79 Å². The van der Waals surface area contributed by atoms with E-state index in [2.05, 4.69) is 0 Å². The second-order valence-corrected chi connectivity index (χ2v) is 3.41.